The van der Waals surface area contributed by atoms with Gasteiger partial charge in [0, 0.05) is 6.20 Å². The average Bonchev–Trinajstić information content (AvgIpc) is 2.92. The molecule has 0 amide bonds. The first-order valence-electron chi connectivity index (χ1n) is 6.96. The number of fused-ring (bicyclic) bond motifs is 1. The molecule has 21 heavy (non-hydrogen) atoms. The van der Waals surface area contributed by atoms with E-state index < -0.39 is 0 Å². The van der Waals surface area contributed by atoms with Gasteiger partial charge in [0.15, 0.2) is 5.82 Å². The molecule has 4 heteroatoms. The van der Waals surface area contributed by atoms with Crippen molar-refractivity contribution in [1.82, 2.24) is 15.0 Å². The van der Waals surface area contributed by atoms with Crippen molar-refractivity contribution in [2.24, 2.45) is 0 Å². The van der Waals surface area contributed by atoms with Crippen molar-refractivity contribution in [2.45, 2.75) is 27.2 Å². The first-order valence-corrected chi connectivity index (χ1v) is 6.96. The third kappa shape index (κ3) is 2.44. The molecule has 0 bridgehead atoms. The maximum atomic E-state index is 12.4. The summed E-state index contributed by atoms with van der Waals surface area (Å²) in [4.78, 5) is 24.2. The van der Waals surface area contributed by atoms with Gasteiger partial charge in [0.25, 0.3) is 0 Å². The normalized spacial score (nSPS) is 11.0. The van der Waals surface area contributed by atoms with Gasteiger partial charge in [-0.1, -0.05) is 12.1 Å². The Hall–Kier alpha value is -2.49. The Labute approximate surface area is 123 Å². The number of nitrogens with zero attached hydrogens (tertiary/aromatic N) is 2. The molecule has 1 N–H and O–H groups in total. The molecule has 0 saturated heterocycles. The van der Waals surface area contributed by atoms with Crippen LogP contribution in [-0.2, 0) is 6.42 Å². The quantitative estimate of drug-likeness (QED) is 0.748. The highest BCUT2D eigenvalue weighted by atomic mass is 16.1. The zero-order valence-electron chi connectivity index (χ0n) is 12.4. The molecule has 106 valence electrons. The molecule has 0 aliphatic rings. The highest BCUT2D eigenvalue weighted by Gasteiger charge is 2.15. The fourth-order valence-corrected chi connectivity index (χ4v) is 2.38. The zero-order valence-corrected chi connectivity index (χ0v) is 12.4. The maximum Gasteiger partial charge on any atom is 0.204 e. The first kappa shape index (κ1) is 13.5. The molecule has 0 spiro atoms. The number of imidazole rings is 1. The molecule has 0 saturated carbocycles. The molecule has 0 aliphatic carbocycles. The number of hydrogen-bond acceptors (Lipinski definition) is 3. The van der Waals surface area contributed by atoms with E-state index in [1.165, 1.54) is 5.56 Å². The van der Waals surface area contributed by atoms with Gasteiger partial charge in [-0.15, -0.1) is 0 Å². The lowest BCUT2D eigenvalue weighted by atomic mass is 10.0. The number of ketones is 1. The number of aryl methyl sites for hydroxylation is 1. The van der Waals surface area contributed by atoms with E-state index in [0.717, 1.165) is 27.9 Å². The molecule has 1 aromatic carbocycles. The highest BCUT2D eigenvalue weighted by molar-refractivity contribution is 5.97. The summed E-state index contributed by atoms with van der Waals surface area (Å²) >= 11 is 0. The minimum absolute atomic E-state index is 0.0370. The number of Topliss-reactive ketones (excluding diaryl/α,β-unsaturated/α-hetero) is 1. The molecule has 0 fully saturated rings. The molecule has 0 atom stereocenters. The first-order chi connectivity index (χ1) is 10.1. The molecule has 3 rings (SSSR count). The van der Waals surface area contributed by atoms with Crippen LogP contribution in [0.4, 0.5) is 0 Å². The lowest BCUT2D eigenvalue weighted by molar-refractivity contribution is 0.0983. The fraction of sp³-hybridized carbons (Fsp3) is 0.235. The van der Waals surface area contributed by atoms with Crippen molar-refractivity contribution in [3.8, 4) is 0 Å². The lowest BCUT2D eigenvalue weighted by Gasteiger charge is -2.08. The number of nitrogens with one attached hydrogen (secondary N) is 1. The van der Waals surface area contributed by atoms with Crippen LogP contribution in [0.15, 0.2) is 30.5 Å². The van der Waals surface area contributed by atoms with Gasteiger partial charge < -0.3 is 4.98 Å². The molecule has 2 heterocycles. The minimum Gasteiger partial charge on any atom is -0.335 e. The number of carbonyl (C=O) groups excluding carboxylic acids is 1. The van der Waals surface area contributed by atoms with Crippen molar-refractivity contribution >= 4 is 16.8 Å². The average molecular weight is 279 g/mol. The van der Waals surface area contributed by atoms with Crippen LogP contribution in [0.2, 0.25) is 0 Å². The van der Waals surface area contributed by atoms with Gasteiger partial charge in [-0.3, -0.25) is 9.78 Å². The predicted octanol–water partition coefficient (Wildman–Crippen LogP) is 3.31. The third-order valence-corrected chi connectivity index (χ3v) is 3.98. The SMILES string of the molecule is Cc1cnc(CC(=O)c2nc3ccccc3[nH]2)c(C)c1C. The molecule has 0 unspecified atom stereocenters. The summed E-state index contributed by atoms with van der Waals surface area (Å²) in [5.74, 6) is 0.362. The third-order valence-electron chi connectivity index (χ3n) is 3.98. The van der Waals surface area contributed by atoms with Crippen LogP contribution in [0.25, 0.3) is 11.0 Å². The summed E-state index contributed by atoms with van der Waals surface area (Å²) in [6.45, 7) is 6.10. The predicted molar refractivity (Wildman–Crippen MR) is 82.6 cm³/mol. The highest BCUT2D eigenvalue weighted by Crippen LogP contribution is 2.17. The number of pyridine rings is 1. The molecule has 0 aliphatic heterocycles. The summed E-state index contributed by atoms with van der Waals surface area (Å²) < 4.78 is 0. The summed E-state index contributed by atoms with van der Waals surface area (Å²) in [6.07, 6.45) is 2.09. The van der Waals surface area contributed by atoms with Gasteiger partial charge in [-0.25, -0.2) is 4.98 Å². The number of hydrogen-bond donors (Lipinski definition) is 1. The number of H-pyrrole nitrogens is 1. The summed E-state index contributed by atoms with van der Waals surface area (Å²) in [5.41, 5.74) is 5.93. The van der Waals surface area contributed by atoms with Crippen LogP contribution in [0.5, 0.6) is 0 Å². The van der Waals surface area contributed by atoms with Crippen LogP contribution in [0.1, 0.15) is 33.0 Å². The molecule has 0 radical (unpaired) electrons. The number of aromatic nitrogens is 3. The van der Waals surface area contributed by atoms with E-state index in [2.05, 4.69) is 21.9 Å². The number of benzene rings is 1. The van der Waals surface area contributed by atoms with Crippen LogP contribution in [0.3, 0.4) is 0 Å². The van der Waals surface area contributed by atoms with Gasteiger partial charge in [-0.05, 0) is 49.6 Å². The largest absolute Gasteiger partial charge is 0.335 e. The fourth-order valence-electron chi connectivity index (χ4n) is 2.38. The van der Waals surface area contributed by atoms with Gasteiger partial charge in [-0.2, -0.15) is 0 Å². The second-order valence-corrected chi connectivity index (χ2v) is 5.34. The Bertz CT molecular complexity index is 800. The summed E-state index contributed by atoms with van der Waals surface area (Å²) in [5, 5.41) is 0. The summed E-state index contributed by atoms with van der Waals surface area (Å²) in [6, 6.07) is 7.64. The van der Waals surface area contributed by atoms with E-state index in [9.17, 15) is 4.79 Å². The Morgan fingerprint density at radius 3 is 2.67 bits per heavy atom. The van der Waals surface area contributed by atoms with Crippen molar-refractivity contribution < 1.29 is 4.79 Å². The molecular formula is C17H17N3O. The monoisotopic (exact) mass is 279 g/mol. The second kappa shape index (κ2) is 5.13. The van der Waals surface area contributed by atoms with E-state index in [4.69, 9.17) is 0 Å². The topological polar surface area (TPSA) is 58.6 Å². The number of carbonyl (C=O) groups is 1. The number of aromatic amines is 1. The van der Waals surface area contributed by atoms with E-state index in [0.29, 0.717) is 5.82 Å². The Balaban J connectivity index is 1.91. The van der Waals surface area contributed by atoms with Crippen LogP contribution >= 0.6 is 0 Å². The lowest BCUT2D eigenvalue weighted by Crippen LogP contribution is -2.09. The van der Waals surface area contributed by atoms with Crippen molar-refractivity contribution in [3.63, 3.8) is 0 Å². The van der Waals surface area contributed by atoms with E-state index in [-0.39, 0.29) is 12.2 Å². The zero-order chi connectivity index (χ0) is 15.0. The minimum atomic E-state index is -0.0370. The van der Waals surface area contributed by atoms with E-state index >= 15 is 0 Å². The molecule has 4 nitrogen and oxygen atoms in total. The standard InChI is InChI=1S/C17H17N3O/c1-10-9-18-15(12(3)11(10)2)8-16(21)17-19-13-6-4-5-7-14(13)20-17/h4-7,9H,8H2,1-3H3,(H,19,20). The van der Waals surface area contributed by atoms with Crippen molar-refractivity contribution in [2.75, 3.05) is 0 Å². The van der Waals surface area contributed by atoms with Crippen LogP contribution in [-0.4, -0.2) is 20.7 Å². The smallest absolute Gasteiger partial charge is 0.204 e. The maximum absolute atomic E-state index is 12.4. The Morgan fingerprint density at radius 2 is 1.90 bits per heavy atom. The second-order valence-electron chi connectivity index (χ2n) is 5.34. The van der Waals surface area contributed by atoms with Gasteiger partial charge in [0.05, 0.1) is 23.1 Å². The van der Waals surface area contributed by atoms with E-state index in [1.54, 1.807) is 0 Å². The van der Waals surface area contributed by atoms with Crippen LogP contribution < -0.4 is 0 Å². The number of rotatable bonds is 3. The van der Waals surface area contributed by atoms with E-state index in [1.807, 2.05) is 44.3 Å². The van der Waals surface area contributed by atoms with Crippen LogP contribution in [0, 0.1) is 20.8 Å². The molecular weight excluding hydrogens is 262 g/mol. The van der Waals surface area contributed by atoms with Gasteiger partial charge >= 0.3 is 0 Å². The summed E-state index contributed by atoms with van der Waals surface area (Å²) in [7, 11) is 0. The molecule has 2 aromatic heterocycles. The Morgan fingerprint density at radius 1 is 1.14 bits per heavy atom. The number of para-hydroxylation sites is 2. The van der Waals surface area contributed by atoms with Gasteiger partial charge in [0.1, 0.15) is 0 Å². The Kier molecular flexibility index (Phi) is 3.29. The van der Waals surface area contributed by atoms with Crippen molar-refractivity contribution in [3.05, 3.63) is 58.7 Å². The molecule has 3 aromatic rings. The van der Waals surface area contributed by atoms with Crippen molar-refractivity contribution in [1.29, 1.82) is 0 Å². The van der Waals surface area contributed by atoms with Gasteiger partial charge in [0.2, 0.25) is 5.78 Å².